The molecule has 1 aromatic carbocycles. The topological polar surface area (TPSA) is 63.7 Å². The van der Waals surface area contributed by atoms with E-state index in [1.165, 1.54) is 19.2 Å². The molecule has 0 amide bonds. The molecule has 0 aliphatic carbocycles. The van der Waals surface area contributed by atoms with Gasteiger partial charge in [0.25, 0.3) is 0 Å². The third-order valence-corrected chi connectivity index (χ3v) is 4.20. The van der Waals surface area contributed by atoms with Crippen LogP contribution in [0, 0.1) is 6.92 Å². The summed E-state index contributed by atoms with van der Waals surface area (Å²) < 4.78 is 29.9. The third kappa shape index (κ3) is 3.54. The molecule has 1 aromatic rings. The van der Waals surface area contributed by atoms with E-state index in [1.54, 1.807) is 19.1 Å². The number of sulfonamides is 1. The van der Waals surface area contributed by atoms with Gasteiger partial charge in [0, 0.05) is 7.05 Å². The number of ether oxygens (including phenoxy) is 1. The molecule has 0 aliphatic heterocycles. The third-order valence-electron chi connectivity index (χ3n) is 2.39. The van der Waals surface area contributed by atoms with Gasteiger partial charge in [-0.3, -0.25) is 4.79 Å². The summed E-state index contributed by atoms with van der Waals surface area (Å²) in [6.07, 6.45) is 0. The van der Waals surface area contributed by atoms with E-state index in [9.17, 15) is 13.2 Å². The maximum Gasteiger partial charge on any atom is 0.321 e. The Balaban J connectivity index is 2.86. The van der Waals surface area contributed by atoms with Gasteiger partial charge in [-0.05, 0) is 26.0 Å². The largest absolute Gasteiger partial charge is 0.465 e. The summed E-state index contributed by atoms with van der Waals surface area (Å²) in [4.78, 5) is 11.4. The van der Waals surface area contributed by atoms with Gasteiger partial charge in [0.2, 0.25) is 10.0 Å². The Hall–Kier alpha value is -1.40. The number of aryl methyl sites for hydroxylation is 1. The van der Waals surface area contributed by atoms with Gasteiger partial charge in [0.1, 0.15) is 6.54 Å². The molecule has 0 fully saturated rings. The first-order chi connectivity index (χ1) is 8.37. The van der Waals surface area contributed by atoms with Gasteiger partial charge in [0.15, 0.2) is 0 Å². The van der Waals surface area contributed by atoms with Crippen molar-refractivity contribution < 1.29 is 17.9 Å². The van der Waals surface area contributed by atoms with Crippen molar-refractivity contribution in [1.29, 1.82) is 0 Å². The average Bonchev–Trinajstić information content (AvgIpc) is 2.29. The van der Waals surface area contributed by atoms with Gasteiger partial charge >= 0.3 is 5.97 Å². The molecule has 1 rings (SSSR count). The summed E-state index contributed by atoms with van der Waals surface area (Å²) in [6.45, 7) is 3.49. The number of hydrogen-bond donors (Lipinski definition) is 0. The van der Waals surface area contributed by atoms with Gasteiger partial charge < -0.3 is 4.74 Å². The van der Waals surface area contributed by atoms with E-state index >= 15 is 0 Å². The maximum atomic E-state index is 12.1. The van der Waals surface area contributed by atoms with Crippen LogP contribution in [0.2, 0.25) is 0 Å². The van der Waals surface area contributed by atoms with Crippen molar-refractivity contribution >= 4 is 16.0 Å². The Morgan fingerprint density at radius 1 is 1.28 bits per heavy atom. The predicted molar refractivity (Wildman–Crippen MR) is 67.6 cm³/mol. The molecule has 0 N–H and O–H groups in total. The summed E-state index contributed by atoms with van der Waals surface area (Å²) in [5, 5.41) is 0. The number of carbonyl (C=O) groups is 1. The normalized spacial score (nSPS) is 11.6. The number of benzene rings is 1. The summed E-state index contributed by atoms with van der Waals surface area (Å²) in [7, 11) is -2.28. The smallest absolute Gasteiger partial charge is 0.321 e. The molecule has 0 aliphatic rings. The quantitative estimate of drug-likeness (QED) is 0.754. The first-order valence-electron chi connectivity index (χ1n) is 5.56. The summed E-state index contributed by atoms with van der Waals surface area (Å²) in [6, 6.07) is 6.47. The van der Waals surface area contributed by atoms with Crippen molar-refractivity contribution in [2.75, 3.05) is 20.2 Å². The van der Waals surface area contributed by atoms with E-state index in [-0.39, 0.29) is 18.0 Å². The zero-order chi connectivity index (χ0) is 13.8. The molecule has 0 heterocycles. The van der Waals surface area contributed by atoms with Crippen LogP contribution < -0.4 is 0 Å². The van der Waals surface area contributed by atoms with Gasteiger partial charge in [0.05, 0.1) is 11.5 Å². The zero-order valence-electron chi connectivity index (χ0n) is 10.7. The van der Waals surface area contributed by atoms with Gasteiger partial charge in [-0.2, -0.15) is 4.31 Å². The molecule has 0 radical (unpaired) electrons. The zero-order valence-corrected chi connectivity index (χ0v) is 11.5. The molecule has 6 heteroatoms. The van der Waals surface area contributed by atoms with Crippen molar-refractivity contribution in [3.63, 3.8) is 0 Å². The molecular formula is C12H17NO4S. The van der Waals surface area contributed by atoms with E-state index < -0.39 is 16.0 Å². The monoisotopic (exact) mass is 271 g/mol. The standard InChI is InChI=1S/C12H17NO4S/c1-4-17-12(14)9-13(3)18(15,16)11-7-5-10(2)6-8-11/h5-8H,4,9H2,1-3H3. The van der Waals surface area contributed by atoms with E-state index in [0.717, 1.165) is 9.87 Å². The van der Waals surface area contributed by atoms with Crippen LogP contribution in [-0.2, 0) is 19.6 Å². The number of esters is 1. The van der Waals surface area contributed by atoms with E-state index in [1.807, 2.05) is 6.92 Å². The minimum absolute atomic E-state index is 0.167. The van der Waals surface area contributed by atoms with Crippen LogP contribution in [0.3, 0.4) is 0 Å². The van der Waals surface area contributed by atoms with Crippen LogP contribution in [0.4, 0.5) is 0 Å². The van der Waals surface area contributed by atoms with Crippen molar-refractivity contribution in [3.05, 3.63) is 29.8 Å². The van der Waals surface area contributed by atoms with Crippen LogP contribution in [0.15, 0.2) is 29.2 Å². The highest BCUT2D eigenvalue weighted by atomic mass is 32.2. The molecule has 0 unspecified atom stereocenters. The van der Waals surface area contributed by atoms with E-state index in [2.05, 4.69) is 0 Å². The predicted octanol–water partition coefficient (Wildman–Crippen LogP) is 1.18. The minimum Gasteiger partial charge on any atom is -0.465 e. The molecule has 0 saturated carbocycles. The fourth-order valence-electron chi connectivity index (χ4n) is 1.36. The second kappa shape index (κ2) is 5.97. The number of nitrogens with zero attached hydrogens (tertiary/aromatic N) is 1. The molecule has 0 aromatic heterocycles. The maximum absolute atomic E-state index is 12.1. The van der Waals surface area contributed by atoms with Crippen LogP contribution in [-0.4, -0.2) is 38.9 Å². The fourth-order valence-corrected chi connectivity index (χ4v) is 2.48. The first-order valence-corrected chi connectivity index (χ1v) is 7.00. The number of hydrogen-bond acceptors (Lipinski definition) is 4. The molecule has 0 saturated heterocycles. The number of rotatable bonds is 5. The van der Waals surface area contributed by atoms with Crippen LogP contribution in [0.5, 0.6) is 0 Å². The second-order valence-electron chi connectivity index (χ2n) is 3.88. The molecule has 0 spiro atoms. The van der Waals surface area contributed by atoms with Crippen molar-refractivity contribution in [2.24, 2.45) is 0 Å². The summed E-state index contributed by atoms with van der Waals surface area (Å²) in [5.41, 5.74) is 0.974. The molecule has 18 heavy (non-hydrogen) atoms. The Morgan fingerprint density at radius 3 is 2.33 bits per heavy atom. The van der Waals surface area contributed by atoms with Gasteiger partial charge in [-0.1, -0.05) is 17.7 Å². The minimum atomic E-state index is -3.64. The van der Waals surface area contributed by atoms with Crippen molar-refractivity contribution in [2.45, 2.75) is 18.7 Å². The van der Waals surface area contributed by atoms with Crippen molar-refractivity contribution in [3.8, 4) is 0 Å². The molecule has 0 bridgehead atoms. The lowest BCUT2D eigenvalue weighted by atomic mass is 10.2. The lowest BCUT2D eigenvalue weighted by Crippen LogP contribution is -2.33. The highest BCUT2D eigenvalue weighted by Gasteiger charge is 2.23. The summed E-state index contributed by atoms with van der Waals surface area (Å²) >= 11 is 0. The lowest BCUT2D eigenvalue weighted by molar-refractivity contribution is -0.143. The lowest BCUT2D eigenvalue weighted by Gasteiger charge is -2.16. The highest BCUT2D eigenvalue weighted by Crippen LogP contribution is 2.14. The summed E-state index contributed by atoms with van der Waals surface area (Å²) in [5.74, 6) is -0.560. The Labute approximate surface area is 107 Å². The fraction of sp³-hybridized carbons (Fsp3) is 0.417. The van der Waals surface area contributed by atoms with Gasteiger partial charge in [-0.25, -0.2) is 8.42 Å². The highest BCUT2D eigenvalue weighted by molar-refractivity contribution is 7.89. The first kappa shape index (κ1) is 14.7. The second-order valence-corrected chi connectivity index (χ2v) is 5.92. The molecule has 0 atom stereocenters. The SMILES string of the molecule is CCOC(=O)CN(C)S(=O)(=O)c1ccc(C)cc1. The Kier molecular flexibility index (Phi) is 4.86. The Bertz CT molecular complexity index is 507. The number of carbonyl (C=O) groups excluding carboxylic acids is 1. The van der Waals surface area contributed by atoms with Crippen LogP contribution >= 0.6 is 0 Å². The van der Waals surface area contributed by atoms with Crippen LogP contribution in [0.1, 0.15) is 12.5 Å². The average molecular weight is 271 g/mol. The number of likely N-dealkylation sites (N-methyl/N-ethyl adjacent to an activating group) is 1. The molecule has 5 nitrogen and oxygen atoms in total. The van der Waals surface area contributed by atoms with E-state index in [4.69, 9.17) is 4.74 Å². The Morgan fingerprint density at radius 2 is 1.83 bits per heavy atom. The van der Waals surface area contributed by atoms with Crippen LogP contribution in [0.25, 0.3) is 0 Å². The van der Waals surface area contributed by atoms with E-state index in [0.29, 0.717) is 0 Å². The van der Waals surface area contributed by atoms with Crippen molar-refractivity contribution in [1.82, 2.24) is 4.31 Å². The molecule has 100 valence electrons. The molecular weight excluding hydrogens is 254 g/mol. The van der Waals surface area contributed by atoms with Gasteiger partial charge in [-0.15, -0.1) is 0 Å².